The number of fused-ring (bicyclic) bond motifs is 2. The Morgan fingerprint density at radius 3 is 2.40 bits per heavy atom. The maximum atomic E-state index is 13.9. The molecule has 0 bridgehead atoms. The first-order valence-electron chi connectivity index (χ1n) is 17.7. The second-order valence-corrected chi connectivity index (χ2v) is 15.1. The zero-order valence-electron chi connectivity index (χ0n) is 30.0. The SMILES string of the molecule is COc1nc(-c2cccc(-c3cccc(Nc4nc(C(F)(F)F)nc5c4c(=O)n(C)c(=O)n5C)c3Cl)c2Cl)cc2c1C(N1CCC3(CCCC(=O)N3)C1)CC2. The molecule has 2 aliphatic heterocycles. The average molecular weight is 796 g/mol. The number of carbonyl (C=O) groups is 1. The highest BCUT2D eigenvalue weighted by molar-refractivity contribution is 6.39. The highest BCUT2D eigenvalue weighted by Gasteiger charge is 2.45. The number of anilines is 2. The van der Waals surface area contributed by atoms with Gasteiger partial charge in [-0.3, -0.25) is 23.6 Å². The minimum absolute atomic E-state index is 0.0865. The molecule has 3 aromatic heterocycles. The first kappa shape index (κ1) is 37.0. The number of hydrogen-bond donors (Lipinski definition) is 2. The number of hydrogen-bond acceptors (Lipinski definition) is 9. The van der Waals surface area contributed by atoms with Crippen molar-refractivity contribution in [3.05, 3.63) is 90.3 Å². The molecule has 3 aliphatic rings. The van der Waals surface area contributed by atoms with Crippen LogP contribution in [0.2, 0.25) is 10.0 Å². The van der Waals surface area contributed by atoms with Crippen LogP contribution in [0.5, 0.6) is 5.88 Å². The van der Waals surface area contributed by atoms with Crippen molar-refractivity contribution in [1.82, 2.24) is 34.3 Å². The molecule has 2 unspecified atom stereocenters. The second-order valence-electron chi connectivity index (χ2n) is 14.3. The van der Waals surface area contributed by atoms with Crippen LogP contribution in [0.3, 0.4) is 0 Å². The van der Waals surface area contributed by atoms with Crippen LogP contribution in [0.25, 0.3) is 33.4 Å². The van der Waals surface area contributed by atoms with Crippen molar-refractivity contribution >= 4 is 51.6 Å². The molecular weight excluding hydrogens is 760 g/mol. The van der Waals surface area contributed by atoms with E-state index >= 15 is 0 Å². The average Bonchev–Trinajstić information content (AvgIpc) is 3.77. The monoisotopic (exact) mass is 794 g/mol. The van der Waals surface area contributed by atoms with E-state index in [1.165, 1.54) is 20.2 Å². The first-order chi connectivity index (χ1) is 26.2. The Labute approximate surface area is 322 Å². The summed E-state index contributed by atoms with van der Waals surface area (Å²) < 4.78 is 49.3. The predicted octanol–water partition coefficient (Wildman–Crippen LogP) is 6.57. The summed E-state index contributed by atoms with van der Waals surface area (Å²) >= 11 is 14.1. The zero-order chi connectivity index (χ0) is 39.0. The van der Waals surface area contributed by atoms with Crippen molar-refractivity contribution in [2.24, 2.45) is 14.1 Å². The van der Waals surface area contributed by atoms with Gasteiger partial charge in [-0.05, 0) is 49.8 Å². The van der Waals surface area contributed by atoms with E-state index in [0.29, 0.717) is 39.7 Å². The number of nitrogens with zero attached hydrogens (tertiary/aromatic N) is 6. The molecule has 8 rings (SSSR count). The zero-order valence-corrected chi connectivity index (χ0v) is 31.5. The maximum absolute atomic E-state index is 13.9. The summed E-state index contributed by atoms with van der Waals surface area (Å²) in [5, 5.41) is 6.16. The van der Waals surface area contributed by atoms with Gasteiger partial charge in [0.05, 0.1) is 34.1 Å². The van der Waals surface area contributed by atoms with Crippen molar-refractivity contribution in [3.8, 4) is 28.3 Å². The van der Waals surface area contributed by atoms with Gasteiger partial charge in [0, 0.05) is 61.9 Å². The Bertz CT molecular complexity index is 2540. The van der Waals surface area contributed by atoms with Gasteiger partial charge in [-0.15, -0.1) is 0 Å². The van der Waals surface area contributed by atoms with E-state index in [2.05, 4.69) is 25.5 Å². The Kier molecular flexibility index (Phi) is 9.16. The normalized spacial score (nSPS) is 19.9. The lowest BCUT2D eigenvalue weighted by Crippen LogP contribution is -2.53. The molecule has 55 heavy (non-hydrogen) atoms. The van der Waals surface area contributed by atoms with Crippen molar-refractivity contribution < 1.29 is 22.7 Å². The largest absolute Gasteiger partial charge is 0.481 e. The van der Waals surface area contributed by atoms with E-state index in [-0.39, 0.29) is 33.6 Å². The van der Waals surface area contributed by atoms with Crippen LogP contribution < -0.4 is 26.6 Å². The quantitative estimate of drug-likeness (QED) is 0.196. The molecule has 2 atom stereocenters. The lowest BCUT2D eigenvalue weighted by Gasteiger charge is -2.35. The number of aryl methyl sites for hydroxylation is 2. The van der Waals surface area contributed by atoms with Crippen molar-refractivity contribution in [2.45, 2.75) is 56.3 Å². The number of likely N-dealkylation sites (tertiary alicyclic amines) is 1. The molecule has 5 aromatic rings. The highest BCUT2D eigenvalue weighted by Crippen LogP contribution is 2.47. The van der Waals surface area contributed by atoms with Crippen LogP contribution in [-0.4, -0.2) is 60.6 Å². The number of piperidine rings is 1. The molecule has 2 N–H and O–H groups in total. The molecule has 0 radical (unpaired) electrons. The molecule has 1 amide bonds. The summed E-state index contributed by atoms with van der Waals surface area (Å²) in [6, 6.07) is 12.4. The Morgan fingerprint density at radius 2 is 1.67 bits per heavy atom. The number of rotatable bonds is 6. The van der Waals surface area contributed by atoms with Crippen LogP contribution in [-0.2, 0) is 31.5 Å². The highest BCUT2D eigenvalue weighted by atomic mass is 35.5. The number of ether oxygens (including phenoxy) is 1. The molecule has 2 saturated heterocycles. The van der Waals surface area contributed by atoms with Crippen LogP contribution in [0, 0.1) is 0 Å². The van der Waals surface area contributed by atoms with Crippen molar-refractivity contribution in [2.75, 3.05) is 25.5 Å². The van der Waals surface area contributed by atoms with Gasteiger partial charge in [0.1, 0.15) is 11.2 Å². The van der Waals surface area contributed by atoms with Gasteiger partial charge in [-0.1, -0.05) is 53.5 Å². The van der Waals surface area contributed by atoms with E-state index < -0.39 is 34.7 Å². The van der Waals surface area contributed by atoms with E-state index in [1.54, 1.807) is 31.4 Å². The number of alkyl halides is 3. The number of halogens is 5. The third-order valence-corrected chi connectivity index (χ3v) is 11.8. The minimum atomic E-state index is -4.98. The summed E-state index contributed by atoms with van der Waals surface area (Å²) in [6.45, 7) is 1.65. The van der Waals surface area contributed by atoms with Gasteiger partial charge in [0.25, 0.3) is 5.56 Å². The lowest BCUT2D eigenvalue weighted by molar-refractivity contribution is -0.144. The number of carbonyl (C=O) groups excluding carboxylic acids is 1. The van der Waals surface area contributed by atoms with Crippen LogP contribution in [0.15, 0.2) is 52.1 Å². The third kappa shape index (κ3) is 6.31. The molecule has 5 heterocycles. The van der Waals surface area contributed by atoms with E-state index in [4.69, 9.17) is 32.9 Å². The molecule has 286 valence electrons. The van der Waals surface area contributed by atoms with E-state index in [1.807, 2.05) is 12.1 Å². The van der Waals surface area contributed by atoms with Crippen LogP contribution in [0.4, 0.5) is 24.7 Å². The molecule has 0 saturated carbocycles. The van der Waals surface area contributed by atoms with Crippen molar-refractivity contribution in [1.29, 1.82) is 0 Å². The smallest absolute Gasteiger partial charge is 0.451 e. The summed E-state index contributed by atoms with van der Waals surface area (Å²) in [4.78, 5) is 52.6. The number of nitrogens with one attached hydrogen (secondary N) is 2. The Hall–Kier alpha value is -4.99. The van der Waals surface area contributed by atoms with Gasteiger partial charge in [-0.2, -0.15) is 13.2 Å². The molecular formula is C38H35Cl2F3N8O4. The third-order valence-electron chi connectivity index (χ3n) is 11.0. The van der Waals surface area contributed by atoms with Crippen molar-refractivity contribution in [3.63, 3.8) is 0 Å². The number of aromatic nitrogens is 5. The van der Waals surface area contributed by atoms with Crippen LogP contribution >= 0.6 is 23.2 Å². The summed E-state index contributed by atoms with van der Waals surface area (Å²) in [7, 11) is 4.02. The molecule has 1 aliphatic carbocycles. The topological polar surface area (TPSA) is 136 Å². The molecule has 1 spiro atoms. The second kappa shape index (κ2) is 13.6. The summed E-state index contributed by atoms with van der Waals surface area (Å²) in [5.41, 5.74) is 2.03. The van der Waals surface area contributed by atoms with Gasteiger partial charge in [-0.25, -0.2) is 19.7 Å². The van der Waals surface area contributed by atoms with Gasteiger partial charge in [0.15, 0.2) is 5.65 Å². The van der Waals surface area contributed by atoms with Crippen LogP contribution in [0.1, 0.15) is 55.1 Å². The number of pyridine rings is 1. The fourth-order valence-electron chi connectivity index (χ4n) is 8.30. The van der Waals surface area contributed by atoms with Gasteiger partial charge >= 0.3 is 11.9 Å². The van der Waals surface area contributed by atoms with E-state index in [9.17, 15) is 27.6 Å². The lowest BCUT2D eigenvalue weighted by atomic mass is 9.88. The molecule has 12 nitrogen and oxygen atoms in total. The maximum Gasteiger partial charge on any atom is 0.451 e. The van der Waals surface area contributed by atoms with Gasteiger partial charge in [0.2, 0.25) is 17.6 Å². The standard InChI is InChI=1S/C38H35Cl2F3N8O4/c1-49-32-28(34(53)50(2)36(49)54)31(46-35(47-32)38(41,42)43)44-23-10-5-8-21(30(23)40)20-7-4-9-22(29(20)39)24-17-19-12-13-25(27(19)33(45-24)55-3)51-16-15-37(18-51)14-6-11-26(52)48-37/h4-5,7-10,17,25H,6,11-16,18H2,1-3H3,(H,48,52)(H,44,46,47). The minimum Gasteiger partial charge on any atom is -0.481 e. The van der Waals surface area contributed by atoms with Gasteiger partial charge < -0.3 is 15.4 Å². The molecule has 2 aromatic carbocycles. The number of benzene rings is 2. The Balaban J connectivity index is 1.15. The fourth-order valence-corrected chi connectivity index (χ4v) is 8.90. The summed E-state index contributed by atoms with van der Waals surface area (Å²) in [5.74, 6) is -1.40. The number of methoxy groups -OCH3 is 1. The predicted molar refractivity (Wildman–Crippen MR) is 202 cm³/mol. The molecule has 2 fully saturated rings. The summed E-state index contributed by atoms with van der Waals surface area (Å²) in [6.07, 6.45) is 0.0618. The van der Waals surface area contributed by atoms with E-state index in [0.717, 1.165) is 65.5 Å². The first-order valence-corrected chi connectivity index (χ1v) is 18.5. The molecule has 17 heteroatoms. The number of amides is 1. The Morgan fingerprint density at radius 1 is 0.945 bits per heavy atom. The fraction of sp³-hybridized carbons (Fsp3) is 0.368.